The monoisotopic (exact) mass is 286 g/mol. The van der Waals surface area contributed by atoms with Crippen LogP contribution in [0.4, 0.5) is 0 Å². The average molecular weight is 286 g/mol. The number of ether oxygens (including phenoxy) is 1. The third-order valence-corrected chi connectivity index (χ3v) is 2.92. The van der Waals surface area contributed by atoms with Crippen LogP contribution in [0.2, 0.25) is 0 Å². The summed E-state index contributed by atoms with van der Waals surface area (Å²) in [6.07, 6.45) is 2.60. The van der Waals surface area contributed by atoms with Crippen molar-refractivity contribution in [3.8, 4) is 0 Å². The highest BCUT2D eigenvalue weighted by Gasteiger charge is 2.09. The van der Waals surface area contributed by atoms with Crippen molar-refractivity contribution in [3.05, 3.63) is 10.6 Å². The van der Waals surface area contributed by atoms with E-state index in [-0.39, 0.29) is 12.5 Å². The van der Waals surface area contributed by atoms with Crippen molar-refractivity contribution in [2.75, 3.05) is 19.8 Å². The molecule has 0 bridgehead atoms. The maximum atomic E-state index is 11.8. The molecule has 0 saturated carbocycles. The van der Waals surface area contributed by atoms with Gasteiger partial charge in [0.2, 0.25) is 5.91 Å². The molecule has 0 spiro atoms. The predicted octanol–water partition coefficient (Wildman–Crippen LogP) is 1.44. The first-order valence-electron chi connectivity index (χ1n) is 6.67. The fourth-order valence-electron chi connectivity index (χ4n) is 1.67. The molecule has 0 aliphatic heterocycles. The van der Waals surface area contributed by atoms with Crippen molar-refractivity contribution in [1.82, 2.24) is 20.1 Å². The number of carbonyl (C=O) groups is 1. The normalized spacial score (nSPS) is 10.6. The number of hydrogen-bond donors (Lipinski definition) is 2. The van der Waals surface area contributed by atoms with Crippen molar-refractivity contribution in [1.29, 1.82) is 0 Å². The number of aromatic nitrogens is 3. The van der Waals surface area contributed by atoms with E-state index in [0.29, 0.717) is 24.5 Å². The molecule has 0 aliphatic rings. The zero-order valence-corrected chi connectivity index (χ0v) is 12.4. The summed E-state index contributed by atoms with van der Waals surface area (Å²) < 4.78 is 7.44. The van der Waals surface area contributed by atoms with Crippen LogP contribution in [0.15, 0.2) is 0 Å². The minimum Gasteiger partial charge on any atom is -0.382 e. The Morgan fingerprint density at radius 2 is 2.32 bits per heavy atom. The van der Waals surface area contributed by atoms with Crippen LogP contribution in [0.3, 0.4) is 0 Å². The van der Waals surface area contributed by atoms with Crippen molar-refractivity contribution in [3.63, 3.8) is 0 Å². The van der Waals surface area contributed by atoms with Crippen molar-refractivity contribution in [2.45, 2.75) is 39.7 Å². The van der Waals surface area contributed by atoms with E-state index >= 15 is 0 Å². The summed E-state index contributed by atoms with van der Waals surface area (Å²) in [5.74, 6) is 0.781. The SMILES string of the molecule is CCCc1n[nH]c(=S)n1CC(=O)NCCCOCC. The largest absolute Gasteiger partial charge is 0.382 e. The Hall–Kier alpha value is -1.21. The second-order valence-corrected chi connectivity index (χ2v) is 4.57. The van der Waals surface area contributed by atoms with Gasteiger partial charge in [0.05, 0.1) is 0 Å². The topological polar surface area (TPSA) is 71.9 Å². The quantitative estimate of drug-likeness (QED) is 0.532. The third kappa shape index (κ3) is 5.52. The molecule has 1 aromatic rings. The molecule has 6 nitrogen and oxygen atoms in total. The second kappa shape index (κ2) is 8.82. The summed E-state index contributed by atoms with van der Waals surface area (Å²) in [6.45, 7) is 6.23. The molecule has 1 aromatic heterocycles. The number of amides is 1. The van der Waals surface area contributed by atoms with Gasteiger partial charge in [-0.1, -0.05) is 6.92 Å². The zero-order valence-electron chi connectivity index (χ0n) is 11.6. The number of nitrogens with zero attached hydrogens (tertiary/aromatic N) is 2. The van der Waals surface area contributed by atoms with Gasteiger partial charge in [0.15, 0.2) is 4.77 Å². The first kappa shape index (κ1) is 15.8. The molecule has 0 fully saturated rings. The van der Waals surface area contributed by atoms with E-state index in [9.17, 15) is 4.79 Å². The molecule has 1 heterocycles. The fourth-order valence-corrected chi connectivity index (χ4v) is 1.89. The Labute approximate surface area is 118 Å². The Bertz CT molecular complexity index is 441. The Morgan fingerprint density at radius 3 is 3.00 bits per heavy atom. The van der Waals surface area contributed by atoms with E-state index in [4.69, 9.17) is 17.0 Å². The Morgan fingerprint density at radius 1 is 1.53 bits per heavy atom. The smallest absolute Gasteiger partial charge is 0.240 e. The summed E-state index contributed by atoms with van der Waals surface area (Å²) >= 11 is 5.12. The molecular formula is C12H22N4O2S. The van der Waals surface area contributed by atoms with Gasteiger partial charge in [-0.2, -0.15) is 5.10 Å². The molecule has 7 heteroatoms. The Kier molecular flexibility index (Phi) is 7.35. The minimum atomic E-state index is -0.0497. The lowest BCUT2D eigenvalue weighted by molar-refractivity contribution is -0.121. The van der Waals surface area contributed by atoms with E-state index in [1.54, 1.807) is 4.57 Å². The molecular weight excluding hydrogens is 264 g/mol. The van der Waals surface area contributed by atoms with Crippen LogP contribution in [-0.4, -0.2) is 40.4 Å². The molecule has 19 heavy (non-hydrogen) atoms. The first-order valence-corrected chi connectivity index (χ1v) is 7.08. The maximum absolute atomic E-state index is 11.8. The highest BCUT2D eigenvalue weighted by atomic mass is 32.1. The predicted molar refractivity (Wildman–Crippen MR) is 75.5 cm³/mol. The minimum absolute atomic E-state index is 0.0497. The lowest BCUT2D eigenvalue weighted by Gasteiger charge is -2.07. The van der Waals surface area contributed by atoms with Crippen LogP contribution in [0, 0.1) is 4.77 Å². The number of aryl methyl sites for hydroxylation is 1. The molecule has 2 N–H and O–H groups in total. The van der Waals surface area contributed by atoms with Gasteiger partial charge in [-0.3, -0.25) is 14.5 Å². The molecule has 0 unspecified atom stereocenters. The number of H-pyrrole nitrogens is 1. The summed E-state index contributed by atoms with van der Waals surface area (Å²) in [5, 5.41) is 9.70. The molecule has 0 aromatic carbocycles. The van der Waals surface area contributed by atoms with Crippen LogP contribution in [0.1, 0.15) is 32.5 Å². The number of nitrogens with one attached hydrogen (secondary N) is 2. The van der Waals surface area contributed by atoms with Gasteiger partial charge < -0.3 is 10.1 Å². The summed E-state index contributed by atoms with van der Waals surface area (Å²) in [5.41, 5.74) is 0. The van der Waals surface area contributed by atoms with Crippen LogP contribution in [0.5, 0.6) is 0 Å². The van der Waals surface area contributed by atoms with Gasteiger partial charge in [0, 0.05) is 26.2 Å². The van der Waals surface area contributed by atoms with Gasteiger partial charge in [0.25, 0.3) is 0 Å². The van der Waals surface area contributed by atoms with Crippen LogP contribution < -0.4 is 5.32 Å². The first-order chi connectivity index (χ1) is 9.19. The molecule has 108 valence electrons. The zero-order chi connectivity index (χ0) is 14.1. The van der Waals surface area contributed by atoms with Gasteiger partial charge in [-0.15, -0.1) is 0 Å². The summed E-state index contributed by atoms with van der Waals surface area (Å²) in [6, 6.07) is 0. The number of carbonyl (C=O) groups excluding carboxylic acids is 1. The fraction of sp³-hybridized carbons (Fsp3) is 0.750. The van der Waals surface area contributed by atoms with Gasteiger partial charge in [-0.25, -0.2) is 0 Å². The molecule has 1 rings (SSSR count). The van der Waals surface area contributed by atoms with Crippen LogP contribution >= 0.6 is 12.2 Å². The van der Waals surface area contributed by atoms with E-state index in [2.05, 4.69) is 22.4 Å². The van der Waals surface area contributed by atoms with Crippen molar-refractivity contribution in [2.24, 2.45) is 0 Å². The van der Waals surface area contributed by atoms with Crippen molar-refractivity contribution >= 4 is 18.1 Å². The summed E-state index contributed by atoms with van der Waals surface area (Å²) in [4.78, 5) is 11.8. The van der Waals surface area contributed by atoms with Gasteiger partial charge in [-0.05, 0) is 32.0 Å². The number of rotatable bonds is 9. The molecule has 1 amide bonds. The lowest BCUT2D eigenvalue weighted by Crippen LogP contribution is -2.29. The van der Waals surface area contributed by atoms with E-state index < -0.39 is 0 Å². The van der Waals surface area contributed by atoms with Crippen LogP contribution in [0.25, 0.3) is 0 Å². The molecule has 0 radical (unpaired) electrons. The number of aromatic amines is 1. The average Bonchev–Trinajstić information content (AvgIpc) is 2.72. The highest BCUT2D eigenvalue weighted by molar-refractivity contribution is 7.71. The van der Waals surface area contributed by atoms with E-state index in [0.717, 1.165) is 25.1 Å². The van der Waals surface area contributed by atoms with E-state index in [1.165, 1.54) is 0 Å². The molecule has 0 aliphatic carbocycles. The van der Waals surface area contributed by atoms with Gasteiger partial charge >= 0.3 is 0 Å². The second-order valence-electron chi connectivity index (χ2n) is 4.18. The molecule has 0 saturated heterocycles. The van der Waals surface area contributed by atoms with E-state index in [1.807, 2.05) is 6.92 Å². The summed E-state index contributed by atoms with van der Waals surface area (Å²) in [7, 11) is 0. The van der Waals surface area contributed by atoms with Crippen LogP contribution in [-0.2, 0) is 22.5 Å². The third-order valence-electron chi connectivity index (χ3n) is 2.60. The standard InChI is InChI=1S/C12H22N4O2S/c1-3-6-10-14-15-12(19)16(10)9-11(17)13-7-5-8-18-4-2/h3-9H2,1-2H3,(H,13,17)(H,15,19). The maximum Gasteiger partial charge on any atom is 0.240 e. The Balaban J connectivity index is 2.39. The highest BCUT2D eigenvalue weighted by Crippen LogP contribution is 2.01. The number of hydrogen-bond acceptors (Lipinski definition) is 4. The van der Waals surface area contributed by atoms with Crippen molar-refractivity contribution < 1.29 is 9.53 Å². The van der Waals surface area contributed by atoms with Gasteiger partial charge in [0.1, 0.15) is 12.4 Å². The molecule has 0 atom stereocenters. The lowest BCUT2D eigenvalue weighted by atomic mass is 10.3.